The number of hydrogen-bond donors (Lipinski definition) is 0. The quantitative estimate of drug-likeness (QED) is 0.443. The largest absolute Gasteiger partial charge is 0.474 e. The summed E-state index contributed by atoms with van der Waals surface area (Å²) < 4.78 is 4.36. The molecule has 64 valence electrons. The minimum atomic E-state index is 0. The Hall–Kier alpha value is -1.19. The summed E-state index contributed by atoms with van der Waals surface area (Å²) in [4.78, 5) is 0. The van der Waals surface area contributed by atoms with E-state index in [0.29, 0.717) is 0 Å². The van der Waals surface area contributed by atoms with E-state index in [-0.39, 0.29) is 14.1 Å². The minimum absolute atomic E-state index is 0. The Bertz CT molecular complexity index is 51.0. The van der Waals surface area contributed by atoms with Crippen LogP contribution in [-0.2, 0) is 4.74 Å². The Balaban J connectivity index is -0.0000000154. The Morgan fingerprint density at radius 3 is 1.00 bits per heavy atom. The van der Waals surface area contributed by atoms with Crippen LogP contribution in [0.3, 0.4) is 0 Å². The lowest BCUT2D eigenvalue weighted by atomic mass is 11.1. The summed E-state index contributed by atoms with van der Waals surface area (Å²) in [7, 11) is 0. The summed E-state index contributed by atoms with van der Waals surface area (Å²) in [6.45, 7) is 12.5. The van der Waals surface area contributed by atoms with Gasteiger partial charge in [0.05, 0.1) is 12.5 Å². The lowest BCUT2D eigenvalue weighted by Crippen LogP contribution is -1.52. The van der Waals surface area contributed by atoms with Crippen LogP contribution in [0.25, 0.3) is 0 Å². The average Bonchev–Trinajstić information content (AvgIpc) is 1.75. The monoisotopic (exact) mass is 158 g/mol. The molecule has 0 aliphatic heterocycles. The third-order valence-corrected chi connectivity index (χ3v) is 0.192. The first kappa shape index (κ1) is 37.0. The van der Waals surface area contributed by atoms with Crippen molar-refractivity contribution in [2.45, 2.75) is 0 Å². The number of halogens is 3. The van der Waals surface area contributed by atoms with Gasteiger partial charge < -0.3 is 4.74 Å². The van der Waals surface area contributed by atoms with E-state index in [1.807, 2.05) is 0 Å². The van der Waals surface area contributed by atoms with Gasteiger partial charge in [-0.3, -0.25) is 14.1 Å². The van der Waals surface area contributed by atoms with Gasteiger partial charge in [-0.1, -0.05) is 13.2 Å². The van der Waals surface area contributed by atoms with Crippen molar-refractivity contribution in [1.29, 1.82) is 0 Å². The molecule has 0 fully saturated rings. The fourth-order valence-electron chi connectivity index (χ4n) is 0.0680. The van der Waals surface area contributed by atoms with Crippen LogP contribution in [0.5, 0.6) is 0 Å². The molecule has 0 aromatic heterocycles. The predicted molar refractivity (Wildman–Crippen MR) is 40.2 cm³/mol. The van der Waals surface area contributed by atoms with Crippen molar-refractivity contribution >= 4 is 0 Å². The normalized spacial score (nSPS) is 3.20. The van der Waals surface area contributed by atoms with Crippen molar-refractivity contribution in [2.24, 2.45) is 0 Å². The zero-order valence-electron chi connectivity index (χ0n) is 5.62. The van der Waals surface area contributed by atoms with Crippen LogP contribution >= 0.6 is 0 Å². The maximum atomic E-state index is 4.36. The number of ether oxygens (including phenoxy) is 1. The molecular weight excluding hydrogens is 145 g/mol. The summed E-state index contributed by atoms with van der Waals surface area (Å²) in [5.41, 5.74) is 0. The van der Waals surface area contributed by atoms with Gasteiger partial charge in [0.1, 0.15) is 0 Å². The highest BCUT2D eigenvalue weighted by Crippen LogP contribution is 1.65. The van der Waals surface area contributed by atoms with E-state index in [1.165, 1.54) is 12.5 Å². The van der Waals surface area contributed by atoms with Crippen LogP contribution in [-0.4, -0.2) is 0 Å². The smallest absolute Gasteiger partial charge is 0.0829 e. The summed E-state index contributed by atoms with van der Waals surface area (Å²) >= 11 is 0. The van der Waals surface area contributed by atoms with E-state index >= 15 is 0 Å². The molecule has 0 bridgehead atoms. The molecule has 0 saturated carbocycles. The van der Waals surface area contributed by atoms with E-state index in [9.17, 15) is 0 Å². The van der Waals surface area contributed by atoms with Crippen molar-refractivity contribution in [1.82, 2.24) is 0 Å². The van der Waals surface area contributed by atoms with E-state index in [2.05, 4.69) is 31.1 Å². The second-order valence-electron chi connectivity index (χ2n) is 0.469. The SMILES string of the molecule is C=C.C=COC=C.F.F.F. The van der Waals surface area contributed by atoms with Crippen LogP contribution in [0, 0.1) is 0 Å². The maximum absolute atomic E-state index is 4.36. The first-order chi connectivity index (χ1) is 3.41. The van der Waals surface area contributed by atoms with Crippen molar-refractivity contribution in [3.8, 4) is 0 Å². The van der Waals surface area contributed by atoms with E-state index in [4.69, 9.17) is 0 Å². The van der Waals surface area contributed by atoms with Crippen molar-refractivity contribution < 1.29 is 18.9 Å². The van der Waals surface area contributed by atoms with Gasteiger partial charge in [-0.15, -0.1) is 13.2 Å². The first-order valence-corrected chi connectivity index (χ1v) is 1.79. The van der Waals surface area contributed by atoms with Crippen LogP contribution in [0.2, 0.25) is 0 Å². The molecule has 0 rings (SSSR count). The van der Waals surface area contributed by atoms with Gasteiger partial charge in [0, 0.05) is 0 Å². The maximum Gasteiger partial charge on any atom is 0.0829 e. The van der Waals surface area contributed by atoms with E-state index < -0.39 is 0 Å². The molecule has 0 aliphatic rings. The van der Waals surface area contributed by atoms with Crippen molar-refractivity contribution in [3.05, 3.63) is 38.8 Å². The molecule has 0 saturated heterocycles. The fourth-order valence-corrected chi connectivity index (χ4v) is 0.0680. The standard InChI is InChI=1S/C4H6O.C2H4.3FH/c1-3-5-4-2;1-2;;;/h3-4H,1-2H2;1-2H2;3*1H. The summed E-state index contributed by atoms with van der Waals surface area (Å²) in [6, 6.07) is 0. The van der Waals surface area contributed by atoms with Gasteiger partial charge in [0.15, 0.2) is 0 Å². The molecule has 0 atom stereocenters. The topological polar surface area (TPSA) is 9.23 Å². The van der Waals surface area contributed by atoms with Gasteiger partial charge in [0.25, 0.3) is 0 Å². The molecular formula is C6H13F3O. The lowest BCUT2D eigenvalue weighted by Gasteiger charge is -1.76. The predicted octanol–water partition coefficient (Wildman–Crippen LogP) is 2.55. The van der Waals surface area contributed by atoms with Gasteiger partial charge in [-0.2, -0.15) is 0 Å². The fraction of sp³-hybridized carbons (Fsp3) is 0. The highest BCUT2D eigenvalue weighted by molar-refractivity contribution is 4.57. The molecule has 0 aromatic rings. The van der Waals surface area contributed by atoms with E-state index in [0.717, 1.165) is 0 Å². The second kappa shape index (κ2) is 111. The minimum Gasteiger partial charge on any atom is -0.474 e. The Morgan fingerprint density at radius 2 is 1.00 bits per heavy atom. The Morgan fingerprint density at radius 1 is 0.800 bits per heavy atom. The van der Waals surface area contributed by atoms with Gasteiger partial charge in [0.2, 0.25) is 0 Å². The highest BCUT2D eigenvalue weighted by Gasteiger charge is 1.45. The third kappa shape index (κ3) is 350. The zero-order chi connectivity index (χ0) is 6.12. The lowest BCUT2D eigenvalue weighted by molar-refractivity contribution is 0.406. The van der Waals surface area contributed by atoms with Crippen LogP contribution in [0.1, 0.15) is 0 Å². The molecule has 0 radical (unpaired) electrons. The number of hydrogen-bond acceptors (Lipinski definition) is 1. The Labute approximate surface area is 58.8 Å². The Kier molecular flexibility index (Phi) is 409. The van der Waals surface area contributed by atoms with E-state index in [1.54, 1.807) is 0 Å². The van der Waals surface area contributed by atoms with Crippen molar-refractivity contribution in [3.63, 3.8) is 0 Å². The third-order valence-electron chi connectivity index (χ3n) is 0.192. The molecule has 0 aliphatic carbocycles. The van der Waals surface area contributed by atoms with Crippen LogP contribution in [0.4, 0.5) is 14.1 Å². The van der Waals surface area contributed by atoms with Crippen LogP contribution in [0.15, 0.2) is 38.8 Å². The average molecular weight is 158 g/mol. The molecule has 10 heavy (non-hydrogen) atoms. The van der Waals surface area contributed by atoms with Gasteiger partial charge >= 0.3 is 0 Å². The summed E-state index contributed by atoms with van der Waals surface area (Å²) in [5.74, 6) is 0. The van der Waals surface area contributed by atoms with Gasteiger partial charge in [-0.25, -0.2) is 0 Å². The molecule has 0 amide bonds. The number of rotatable bonds is 2. The first-order valence-electron chi connectivity index (χ1n) is 1.79. The molecule has 0 aromatic carbocycles. The second-order valence-corrected chi connectivity index (χ2v) is 0.469. The summed E-state index contributed by atoms with van der Waals surface area (Å²) in [6.07, 6.45) is 2.62. The highest BCUT2D eigenvalue weighted by atomic mass is 19.0. The zero-order valence-corrected chi connectivity index (χ0v) is 5.62. The molecule has 0 spiro atoms. The molecule has 4 heteroatoms. The molecule has 0 heterocycles. The van der Waals surface area contributed by atoms with Gasteiger partial charge in [-0.05, 0) is 0 Å². The summed E-state index contributed by atoms with van der Waals surface area (Å²) in [5, 5.41) is 0. The van der Waals surface area contributed by atoms with Crippen molar-refractivity contribution in [2.75, 3.05) is 0 Å². The molecule has 1 nitrogen and oxygen atoms in total. The van der Waals surface area contributed by atoms with Crippen LogP contribution < -0.4 is 0 Å². The molecule has 0 N–H and O–H groups in total. The molecule has 0 unspecified atom stereocenters.